The largest absolute Gasteiger partial charge is 0.497 e. The summed E-state index contributed by atoms with van der Waals surface area (Å²) in [5, 5.41) is 17.1. The summed E-state index contributed by atoms with van der Waals surface area (Å²) in [6, 6.07) is 22.3. The number of nitrogens with zero attached hydrogens (tertiary/aromatic N) is 2. The molecule has 1 saturated carbocycles. The second-order valence-electron chi connectivity index (χ2n) is 7.72. The van der Waals surface area contributed by atoms with Crippen molar-refractivity contribution in [3.63, 3.8) is 0 Å². The van der Waals surface area contributed by atoms with E-state index in [9.17, 15) is 9.65 Å². The van der Waals surface area contributed by atoms with Crippen LogP contribution in [0, 0.1) is 29.3 Å². The highest BCUT2D eigenvalue weighted by Gasteiger charge is 2.33. The molecule has 1 fully saturated rings. The molecular weight excluding hydrogens is 425 g/mol. The van der Waals surface area contributed by atoms with E-state index in [0.717, 1.165) is 35.1 Å². The number of allylic oxidation sites excluding steroid dienone is 1. The van der Waals surface area contributed by atoms with E-state index in [2.05, 4.69) is 22.3 Å². The Hall–Kier alpha value is -3.62. The molecule has 0 unspecified atom stereocenters. The predicted octanol–water partition coefficient (Wildman–Crippen LogP) is 6.40. The summed E-state index contributed by atoms with van der Waals surface area (Å²) >= 11 is 6.71. The number of rotatable bonds is 5. The molecule has 3 aromatic carbocycles. The minimum Gasteiger partial charge on any atom is -0.497 e. The van der Waals surface area contributed by atoms with Gasteiger partial charge in [0.15, 0.2) is 0 Å². The summed E-state index contributed by atoms with van der Waals surface area (Å²) in [6.45, 7) is 0. The van der Waals surface area contributed by atoms with Gasteiger partial charge in [-0.3, -0.25) is 5.10 Å². The fourth-order valence-electron chi connectivity index (χ4n) is 4.16. The van der Waals surface area contributed by atoms with Crippen molar-refractivity contribution >= 4 is 33.7 Å². The van der Waals surface area contributed by atoms with Crippen LogP contribution in [0.5, 0.6) is 5.75 Å². The maximum atomic E-state index is 14.5. The Bertz CT molecular complexity index is 1400. The zero-order valence-electron chi connectivity index (χ0n) is 17.2. The lowest BCUT2D eigenvalue weighted by atomic mass is 9.84. The maximum Gasteiger partial charge on any atom is 0.241 e. The SMILES string of the molecule is COc1ccc(/C(=C(\c2[c]cccc2)c2ccc3[nH]nc(F)c3c2C#N)C2CC2)c(Cl)c1. The number of H-pyrrole nitrogens is 1. The van der Waals surface area contributed by atoms with E-state index in [1.807, 2.05) is 42.5 Å². The topological polar surface area (TPSA) is 61.7 Å². The van der Waals surface area contributed by atoms with E-state index < -0.39 is 5.95 Å². The fourth-order valence-corrected chi connectivity index (χ4v) is 4.43. The molecule has 32 heavy (non-hydrogen) atoms. The van der Waals surface area contributed by atoms with E-state index >= 15 is 0 Å². The number of nitrogens with one attached hydrogen (secondary N) is 1. The van der Waals surface area contributed by atoms with Crippen LogP contribution in [0.25, 0.3) is 22.0 Å². The Balaban J connectivity index is 1.88. The molecule has 0 spiro atoms. The van der Waals surface area contributed by atoms with Gasteiger partial charge in [-0.2, -0.15) is 9.65 Å². The van der Waals surface area contributed by atoms with E-state index in [-0.39, 0.29) is 16.9 Å². The van der Waals surface area contributed by atoms with Gasteiger partial charge in [0, 0.05) is 5.56 Å². The number of benzene rings is 3. The Morgan fingerprint density at radius 3 is 2.69 bits per heavy atom. The second-order valence-corrected chi connectivity index (χ2v) is 8.13. The second kappa shape index (κ2) is 8.14. The van der Waals surface area contributed by atoms with Gasteiger partial charge in [-0.1, -0.05) is 41.9 Å². The van der Waals surface area contributed by atoms with E-state index in [0.29, 0.717) is 21.9 Å². The lowest BCUT2D eigenvalue weighted by Gasteiger charge is -2.19. The monoisotopic (exact) mass is 442 g/mol. The number of ether oxygens (including phenoxy) is 1. The molecule has 1 N–H and O–H groups in total. The van der Waals surface area contributed by atoms with Crippen molar-refractivity contribution in [2.24, 2.45) is 5.92 Å². The molecule has 0 aliphatic heterocycles. The van der Waals surface area contributed by atoms with Crippen LogP contribution in [0.1, 0.15) is 35.1 Å². The number of halogens is 2. The predicted molar refractivity (Wildman–Crippen MR) is 123 cm³/mol. The average molecular weight is 443 g/mol. The number of nitriles is 1. The van der Waals surface area contributed by atoms with Crippen molar-refractivity contribution < 1.29 is 9.13 Å². The van der Waals surface area contributed by atoms with Gasteiger partial charge in [-0.15, -0.1) is 5.10 Å². The number of aromatic nitrogens is 2. The third kappa shape index (κ3) is 3.43. The first kappa shape index (κ1) is 20.3. The van der Waals surface area contributed by atoms with Gasteiger partial charge in [0.05, 0.1) is 28.6 Å². The van der Waals surface area contributed by atoms with Crippen molar-refractivity contribution in [3.05, 3.63) is 93.9 Å². The van der Waals surface area contributed by atoms with Crippen molar-refractivity contribution in [2.45, 2.75) is 12.8 Å². The summed E-state index contributed by atoms with van der Waals surface area (Å²) in [6.07, 6.45) is 2.02. The summed E-state index contributed by atoms with van der Waals surface area (Å²) in [5.74, 6) is 0.257. The zero-order chi connectivity index (χ0) is 22.2. The highest BCUT2D eigenvalue weighted by Crippen LogP contribution is 2.50. The molecule has 6 heteroatoms. The third-order valence-electron chi connectivity index (χ3n) is 5.77. The first-order valence-corrected chi connectivity index (χ1v) is 10.6. The number of fused-ring (bicyclic) bond motifs is 1. The van der Waals surface area contributed by atoms with Gasteiger partial charge in [0.1, 0.15) is 11.8 Å². The van der Waals surface area contributed by atoms with Crippen LogP contribution in [0.4, 0.5) is 4.39 Å². The van der Waals surface area contributed by atoms with Crippen LogP contribution in [0.2, 0.25) is 5.02 Å². The van der Waals surface area contributed by atoms with Crippen LogP contribution < -0.4 is 4.74 Å². The lowest BCUT2D eigenvalue weighted by molar-refractivity contribution is 0.415. The van der Waals surface area contributed by atoms with Crippen molar-refractivity contribution in [3.8, 4) is 11.8 Å². The summed E-state index contributed by atoms with van der Waals surface area (Å²) in [4.78, 5) is 0. The van der Waals surface area contributed by atoms with Gasteiger partial charge in [-0.05, 0) is 71.4 Å². The van der Waals surface area contributed by atoms with Crippen molar-refractivity contribution in [1.82, 2.24) is 10.2 Å². The number of hydrogen-bond acceptors (Lipinski definition) is 3. The molecule has 1 aliphatic carbocycles. The normalized spacial score (nSPS) is 14.2. The molecule has 4 nitrogen and oxygen atoms in total. The van der Waals surface area contributed by atoms with Crippen LogP contribution in [0.3, 0.4) is 0 Å². The van der Waals surface area contributed by atoms with Crippen LogP contribution in [-0.4, -0.2) is 17.3 Å². The molecule has 5 rings (SSSR count). The number of methoxy groups -OCH3 is 1. The van der Waals surface area contributed by atoms with Crippen molar-refractivity contribution in [2.75, 3.05) is 7.11 Å². The Kier molecular flexibility index (Phi) is 5.16. The third-order valence-corrected chi connectivity index (χ3v) is 6.08. The molecule has 0 atom stereocenters. The fraction of sp³-hybridized carbons (Fsp3) is 0.154. The Morgan fingerprint density at radius 1 is 1.22 bits per heavy atom. The maximum absolute atomic E-state index is 14.5. The van der Waals surface area contributed by atoms with Gasteiger partial charge in [-0.25, -0.2) is 0 Å². The first-order chi connectivity index (χ1) is 15.6. The van der Waals surface area contributed by atoms with Gasteiger partial charge in [0.25, 0.3) is 0 Å². The Labute approximate surface area is 189 Å². The van der Waals surface area contributed by atoms with Gasteiger partial charge >= 0.3 is 0 Å². The molecule has 0 saturated heterocycles. The summed E-state index contributed by atoms with van der Waals surface area (Å²) < 4.78 is 19.9. The minimum absolute atomic E-state index is 0.189. The van der Waals surface area contributed by atoms with E-state index in [4.69, 9.17) is 16.3 Å². The zero-order valence-corrected chi connectivity index (χ0v) is 18.0. The molecule has 1 aliphatic rings. The highest BCUT2D eigenvalue weighted by atomic mass is 35.5. The Morgan fingerprint density at radius 2 is 2.03 bits per heavy atom. The average Bonchev–Trinajstić information content (AvgIpc) is 3.60. The minimum atomic E-state index is -0.690. The first-order valence-electron chi connectivity index (χ1n) is 10.2. The smallest absolute Gasteiger partial charge is 0.241 e. The highest BCUT2D eigenvalue weighted by molar-refractivity contribution is 6.33. The molecular formula is C26H18ClFN3O. The van der Waals surface area contributed by atoms with Crippen LogP contribution >= 0.6 is 11.6 Å². The van der Waals surface area contributed by atoms with Crippen LogP contribution in [-0.2, 0) is 0 Å². The summed E-state index contributed by atoms with van der Waals surface area (Å²) in [5.41, 5.74) is 4.91. The molecule has 157 valence electrons. The van der Waals surface area contributed by atoms with E-state index in [1.54, 1.807) is 19.2 Å². The van der Waals surface area contributed by atoms with Crippen molar-refractivity contribution in [1.29, 1.82) is 5.26 Å². The molecule has 1 radical (unpaired) electrons. The lowest BCUT2D eigenvalue weighted by Crippen LogP contribution is -2.01. The number of hydrogen-bond donors (Lipinski definition) is 1. The van der Waals surface area contributed by atoms with Gasteiger partial charge < -0.3 is 4.74 Å². The molecule has 1 aromatic heterocycles. The standard InChI is InChI=1S/C26H18ClFN3O/c1-32-17-9-10-19(21(27)13-17)24(16-7-8-16)23(15-5-3-2-4-6-15)18-11-12-22-25(20(18)14-29)26(28)31-30-22/h2-5,9-13,16H,7-8H2,1H3,(H,30,31)/b24-23+. The quantitative estimate of drug-likeness (QED) is 0.363. The molecule has 0 bridgehead atoms. The van der Waals surface area contributed by atoms with E-state index in [1.165, 1.54) is 0 Å². The molecule has 0 amide bonds. The number of aromatic amines is 1. The molecule has 1 heterocycles. The van der Waals surface area contributed by atoms with Gasteiger partial charge in [0.2, 0.25) is 5.95 Å². The summed E-state index contributed by atoms with van der Waals surface area (Å²) in [7, 11) is 1.60. The molecule has 4 aromatic rings. The van der Waals surface area contributed by atoms with Crippen LogP contribution in [0.15, 0.2) is 54.6 Å².